The molecule has 0 aliphatic carbocycles. The molecule has 0 spiro atoms. The number of hydrogen-bond donors (Lipinski definition) is 2. The second-order valence-corrected chi connectivity index (χ2v) is 6.17. The average Bonchev–Trinajstić information content (AvgIpc) is 2.56. The Bertz CT molecular complexity index is 743. The Labute approximate surface area is 179 Å². The maximum Gasteiger partial charge on any atom is 0.193 e. The van der Waals surface area contributed by atoms with Crippen molar-refractivity contribution in [3.8, 4) is 11.5 Å². The van der Waals surface area contributed by atoms with Crippen LogP contribution >= 0.6 is 24.0 Å². The maximum atomic E-state index is 6.01. The number of aryl methyl sites for hydroxylation is 2. The molecule has 0 unspecified atom stereocenters. The molecule has 0 heterocycles. The summed E-state index contributed by atoms with van der Waals surface area (Å²) in [6.07, 6.45) is 0.779. The molecule has 5 nitrogen and oxygen atoms in total. The number of aliphatic imine (C=N–C) groups is 1. The van der Waals surface area contributed by atoms with E-state index in [4.69, 9.17) is 15.2 Å². The lowest BCUT2D eigenvalue weighted by Crippen LogP contribution is -2.23. The molecular formula is C21H30IN3O2. The van der Waals surface area contributed by atoms with Gasteiger partial charge in [-0.3, -0.25) is 4.99 Å². The zero-order valence-electron chi connectivity index (χ0n) is 16.5. The van der Waals surface area contributed by atoms with Gasteiger partial charge >= 0.3 is 0 Å². The largest absolute Gasteiger partial charge is 0.490 e. The molecule has 27 heavy (non-hydrogen) atoms. The molecule has 2 rings (SSSR count). The zero-order valence-corrected chi connectivity index (χ0v) is 18.9. The van der Waals surface area contributed by atoms with E-state index in [2.05, 4.69) is 42.4 Å². The van der Waals surface area contributed by atoms with E-state index in [0.29, 0.717) is 25.7 Å². The Morgan fingerprint density at radius 3 is 2.22 bits per heavy atom. The fraction of sp³-hybridized carbons (Fsp3) is 0.381. The summed E-state index contributed by atoms with van der Waals surface area (Å²) in [5, 5.41) is 3.15. The molecule has 0 radical (unpaired) electrons. The van der Waals surface area contributed by atoms with Crippen LogP contribution in [0.4, 0.5) is 5.69 Å². The second kappa shape index (κ2) is 11.7. The summed E-state index contributed by atoms with van der Waals surface area (Å²) in [4.78, 5) is 4.42. The molecule has 0 fully saturated rings. The molecule has 0 aliphatic rings. The quantitative estimate of drug-likeness (QED) is 0.325. The van der Waals surface area contributed by atoms with Crippen molar-refractivity contribution in [2.75, 3.05) is 25.1 Å². The fourth-order valence-electron chi connectivity index (χ4n) is 2.79. The molecule has 2 aromatic rings. The van der Waals surface area contributed by atoms with Crippen LogP contribution < -0.4 is 20.5 Å². The summed E-state index contributed by atoms with van der Waals surface area (Å²) >= 11 is 0. The topological polar surface area (TPSA) is 68.9 Å². The van der Waals surface area contributed by atoms with Gasteiger partial charge < -0.3 is 20.5 Å². The molecule has 0 bridgehead atoms. The van der Waals surface area contributed by atoms with Gasteiger partial charge in [0, 0.05) is 12.2 Å². The van der Waals surface area contributed by atoms with Crippen LogP contribution in [-0.2, 0) is 6.42 Å². The monoisotopic (exact) mass is 483 g/mol. The van der Waals surface area contributed by atoms with E-state index < -0.39 is 0 Å². The predicted molar refractivity (Wildman–Crippen MR) is 124 cm³/mol. The van der Waals surface area contributed by atoms with Gasteiger partial charge in [0.05, 0.1) is 13.2 Å². The molecule has 0 saturated heterocycles. The van der Waals surface area contributed by atoms with E-state index >= 15 is 0 Å². The van der Waals surface area contributed by atoms with E-state index in [1.165, 1.54) is 11.1 Å². The summed E-state index contributed by atoms with van der Waals surface area (Å²) in [6.45, 7) is 9.87. The van der Waals surface area contributed by atoms with Crippen LogP contribution in [0.5, 0.6) is 11.5 Å². The Balaban J connectivity index is 0.00000364. The first-order valence-corrected chi connectivity index (χ1v) is 9.05. The van der Waals surface area contributed by atoms with E-state index in [9.17, 15) is 0 Å². The summed E-state index contributed by atoms with van der Waals surface area (Å²) in [6, 6.07) is 12.2. The van der Waals surface area contributed by atoms with Crippen LogP contribution in [0.25, 0.3) is 0 Å². The Hall–Kier alpha value is -1.96. The molecule has 0 atom stereocenters. The smallest absolute Gasteiger partial charge is 0.193 e. The number of rotatable bonds is 8. The van der Waals surface area contributed by atoms with Gasteiger partial charge in [-0.1, -0.05) is 12.1 Å². The number of halogens is 1. The molecule has 0 amide bonds. The fourth-order valence-corrected chi connectivity index (χ4v) is 2.79. The number of benzene rings is 2. The number of guanidine groups is 1. The molecule has 148 valence electrons. The van der Waals surface area contributed by atoms with Crippen LogP contribution in [0.2, 0.25) is 0 Å². The minimum atomic E-state index is 0. The first-order chi connectivity index (χ1) is 12.5. The lowest BCUT2D eigenvalue weighted by molar-refractivity contribution is 0.287. The van der Waals surface area contributed by atoms with E-state index in [1.54, 1.807) is 0 Å². The van der Waals surface area contributed by atoms with Gasteiger partial charge in [-0.25, -0.2) is 0 Å². The normalized spacial score (nSPS) is 10.9. The van der Waals surface area contributed by atoms with Crippen LogP contribution in [0.15, 0.2) is 41.4 Å². The van der Waals surface area contributed by atoms with Gasteiger partial charge in [-0.05, 0) is 75.1 Å². The maximum absolute atomic E-state index is 6.01. The highest BCUT2D eigenvalue weighted by Gasteiger charge is 2.06. The Kier molecular flexibility index (Phi) is 9.99. The van der Waals surface area contributed by atoms with Crippen molar-refractivity contribution in [1.82, 2.24) is 0 Å². The molecule has 0 aromatic heterocycles. The number of nitrogens with one attached hydrogen (secondary N) is 1. The molecular weight excluding hydrogens is 453 g/mol. The Morgan fingerprint density at radius 2 is 1.59 bits per heavy atom. The summed E-state index contributed by atoms with van der Waals surface area (Å²) in [5.41, 5.74) is 10.5. The third-order valence-electron chi connectivity index (χ3n) is 3.78. The molecule has 0 aliphatic heterocycles. The van der Waals surface area contributed by atoms with Crippen molar-refractivity contribution in [2.45, 2.75) is 34.1 Å². The van der Waals surface area contributed by atoms with Crippen molar-refractivity contribution in [1.29, 1.82) is 0 Å². The highest BCUT2D eigenvalue weighted by molar-refractivity contribution is 14.0. The predicted octanol–water partition coefficient (Wildman–Crippen LogP) is 4.69. The summed E-state index contributed by atoms with van der Waals surface area (Å²) in [7, 11) is 0. The van der Waals surface area contributed by atoms with Crippen molar-refractivity contribution in [3.63, 3.8) is 0 Å². The first kappa shape index (κ1) is 23.1. The van der Waals surface area contributed by atoms with Gasteiger partial charge in [-0.2, -0.15) is 0 Å². The molecule has 2 aromatic carbocycles. The van der Waals surface area contributed by atoms with Crippen molar-refractivity contribution in [2.24, 2.45) is 10.7 Å². The number of nitrogens with two attached hydrogens (primary N) is 1. The first-order valence-electron chi connectivity index (χ1n) is 9.05. The number of ether oxygens (including phenoxy) is 2. The number of anilines is 1. The number of nitrogens with zero attached hydrogens (tertiary/aromatic N) is 1. The van der Waals surface area contributed by atoms with Crippen LogP contribution in [0.3, 0.4) is 0 Å². The lowest BCUT2D eigenvalue weighted by Gasteiger charge is -2.12. The Morgan fingerprint density at radius 1 is 0.963 bits per heavy atom. The SMILES string of the molecule is CCOc1ccc(CCN=C(N)Nc2cc(C)cc(C)c2)cc1OCC.I. The van der Waals surface area contributed by atoms with E-state index in [0.717, 1.165) is 29.2 Å². The summed E-state index contributed by atoms with van der Waals surface area (Å²) in [5.74, 6) is 1.97. The van der Waals surface area contributed by atoms with Crippen molar-refractivity contribution >= 4 is 35.6 Å². The van der Waals surface area contributed by atoms with Crippen LogP contribution in [0, 0.1) is 13.8 Å². The number of hydrogen-bond acceptors (Lipinski definition) is 3. The van der Waals surface area contributed by atoms with Gasteiger partial charge in [0.25, 0.3) is 0 Å². The lowest BCUT2D eigenvalue weighted by atomic mass is 10.1. The molecule has 0 saturated carbocycles. The molecule has 6 heteroatoms. The highest BCUT2D eigenvalue weighted by atomic mass is 127. The minimum absolute atomic E-state index is 0. The van der Waals surface area contributed by atoms with Gasteiger partial charge in [0.15, 0.2) is 17.5 Å². The van der Waals surface area contributed by atoms with Crippen LogP contribution in [0.1, 0.15) is 30.5 Å². The highest BCUT2D eigenvalue weighted by Crippen LogP contribution is 2.28. The standard InChI is InChI=1S/C21H29N3O2.HI/c1-5-25-19-8-7-17(14-20(19)26-6-2)9-10-23-21(22)24-18-12-15(3)11-16(4)13-18;/h7-8,11-14H,5-6,9-10H2,1-4H3,(H3,22,23,24);1H. The average molecular weight is 483 g/mol. The molecule has 3 N–H and O–H groups in total. The van der Waals surface area contributed by atoms with E-state index in [1.807, 2.05) is 32.0 Å². The van der Waals surface area contributed by atoms with Crippen molar-refractivity contribution < 1.29 is 9.47 Å². The van der Waals surface area contributed by atoms with Gasteiger partial charge in [0.1, 0.15) is 0 Å². The second-order valence-electron chi connectivity index (χ2n) is 6.17. The minimum Gasteiger partial charge on any atom is -0.490 e. The van der Waals surface area contributed by atoms with Gasteiger partial charge in [0.2, 0.25) is 0 Å². The third kappa shape index (κ3) is 7.66. The van der Waals surface area contributed by atoms with Gasteiger partial charge in [-0.15, -0.1) is 24.0 Å². The summed E-state index contributed by atoms with van der Waals surface area (Å²) < 4.78 is 11.3. The third-order valence-corrected chi connectivity index (χ3v) is 3.78. The van der Waals surface area contributed by atoms with Crippen molar-refractivity contribution in [3.05, 3.63) is 53.1 Å². The zero-order chi connectivity index (χ0) is 18.9. The van der Waals surface area contributed by atoms with Crippen LogP contribution in [-0.4, -0.2) is 25.7 Å². The van der Waals surface area contributed by atoms with E-state index in [-0.39, 0.29) is 24.0 Å².